The summed E-state index contributed by atoms with van der Waals surface area (Å²) in [5.74, 6) is 0. The predicted octanol–water partition coefficient (Wildman–Crippen LogP) is 3.32. The molecular formula is C9H18OSi. The first-order chi connectivity index (χ1) is 4.95. The molecule has 0 N–H and O–H groups in total. The van der Waals surface area contributed by atoms with Crippen LogP contribution in [0.3, 0.4) is 0 Å². The molecule has 11 heavy (non-hydrogen) atoms. The van der Waals surface area contributed by atoms with Crippen molar-refractivity contribution in [3.8, 4) is 0 Å². The molecular weight excluding hydrogens is 152 g/mol. The van der Waals surface area contributed by atoms with Crippen molar-refractivity contribution < 1.29 is 4.43 Å². The third-order valence-electron chi connectivity index (χ3n) is 1.18. The lowest BCUT2D eigenvalue weighted by molar-refractivity contribution is 0.479. The van der Waals surface area contributed by atoms with E-state index in [9.17, 15) is 0 Å². The second-order valence-electron chi connectivity index (χ2n) is 3.54. The van der Waals surface area contributed by atoms with Gasteiger partial charge in [0, 0.05) is 0 Å². The molecule has 0 aromatic carbocycles. The molecule has 0 aliphatic heterocycles. The Bertz CT molecular complexity index is 153. The Morgan fingerprint density at radius 2 is 2.00 bits per heavy atom. The van der Waals surface area contributed by atoms with E-state index in [1.165, 1.54) is 0 Å². The summed E-state index contributed by atoms with van der Waals surface area (Å²) >= 11 is 0. The van der Waals surface area contributed by atoms with E-state index in [1.54, 1.807) is 6.26 Å². The summed E-state index contributed by atoms with van der Waals surface area (Å²) in [6.45, 7) is 12.4. The number of hydrogen-bond donors (Lipinski definition) is 0. The first-order valence-electron chi connectivity index (χ1n) is 3.98. The topological polar surface area (TPSA) is 9.23 Å². The molecule has 64 valence electrons. The van der Waals surface area contributed by atoms with E-state index in [4.69, 9.17) is 4.43 Å². The van der Waals surface area contributed by atoms with Crippen molar-refractivity contribution in [3.63, 3.8) is 0 Å². The van der Waals surface area contributed by atoms with Crippen LogP contribution in [0.25, 0.3) is 0 Å². The molecule has 0 aromatic rings. The SMILES string of the molecule is C=C(/C=C/O[Si](C)(C)C)CC. The van der Waals surface area contributed by atoms with E-state index in [0.29, 0.717) is 0 Å². The zero-order valence-corrected chi connectivity index (χ0v) is 8.98. The van der Waals surface area contributed by atoms with Gasteiger partial charge in [0.25, 0.3) is 0 Å². The van der Waals surface area contributed by atoms with E-state index in [-0.39, 0.29) is 0 Å². The molecule has 1 nitrogen and oxygen atoms in total. The van der Waals surface area contributed by atoms with E-state index in [1.807, 2.05) is 6.08 Å². The summed E-state index contributed by atoms with van der Waals surface area (Å²) in [5.41, 5.74) is 1.11. The number of rotatable bonds is 4. The zero-order chi connectivity index (χ0) is 8.91. The van der Waals surface area contributed by atoms with Gasteiger partial charge >= 0.3 is 0 Å². The van der Waals surface area contributed by atoms with Crippen molar-refractivity contribution in [2.45, 2.75) is 33.0 Å². The summed E-state index contributed by atoms with van der Waals surface area (Å²) in [6.07, 6.45) is 4.71. The molecule has 0 unspecified atom stereocenters. The summed E-state index contributed by atoms with van der Waals surface area (Å²) < 4.78 is 5.50. The van der Waals surface area contributed by atoms with Crippen molar-refractivity contribution in [2.24, 2.45) is 0 Å². The lowest BCUT2D eigenvalue weighted by atomic mass is 10.2. The maximum absolute atomic E-state index is 5.50. The molecule has 0 aliphatic carbocycles. The Hall–Kier alpha value is -0.503. The van der Waals surface area contributed by atoms with Crippen LogP contribution in [0.5, 0.6) is 0 Å². The molecule has 0 atom stereocenters. The highest BCUT2D eigenvalue weighted by Crippen LogP contribution is 2.05. The normalized spacial score (nSPS) is 12.0. The summed E-state index contributed by atoms with van der Waals surface area (Å²) in [5, 5.41) is 0. The van der Waals surface area contributed by atoms with E-state index in [2.05, 4.69) is 33.1 Å². The van der Waals surface area contributed by atoms with E-state index >= 15 is 0 Å². The van der Waals surface area contributed by atoms with Gasteiger partial charge in [-0.05, 0) is 32.1 Å². The molecule has 0 amide bonds. The van der Waals surface area contributed by atoms with Crippen LogP contribution in [0.2, 0.25) is 19.6 Å². The summed E-state index contributed by atoms with van der Waals surface area (Å²) in [6, 6.07) is 0. The smallest absolute Gasteiger partial charge is 0.241 e. The van der Waals surface area contributed by atoms with Crippen LogP contribution in [0.1, 0.15) is 13.3 Å². The molecule has 0 heterocycles. The number of allylic oxidation sites excluding steroid dienone is 2. The van der Waals surface area contributed by atoms with Gasteiger partial charge in [-0.2, -0.15) is 0 Å². The molecule has 0 aliphatic rings. The zero-order valence-electron chi connectivity index (χ0n) is 7.98. The van der Waals surface area contributed by atoms with Crippen molar-refractivity contribution in [1.82, 2.24) is 0 Å². The fraction of sp³-hybridized carbons (Fsp3) is 0.556. The van der Waals surface area contributed by atoms with Gasteiger partial charge in [0.05, 0.1) is 6.26 Å². The Labute approximate surface area is 70.9 Å². The second kappa shape index (κ2) is 4.39. The molecule has 0 spiro atoms. The molecule has 0 saturated carbocycles. The predicted molar refractivity (Wildman–Crippen MR) is 53.0 cm³/mol. The van der Waals surface area contributed by atoms with Crippen LogP contribution in [-0.2, 0) is 4.43 Å². The fourth-order valence-corrected chi connectivity index (χ4v) is 0.929. The molecule has 0 fully saturated rings. The highest BCUT2D eigenvalue weighted by Gasteiger charge is 2.12. The highest BCUT2D eigenvalue weighted by molar-refractivity contribution is 6.69. The average Bonchev–Trinajstić information content (AvgIpc) is 1.85. The van der Waals surface area contributed by atoms with E-state index in [0.717, 1.165) is 12.0 Å². The lowest BCUT2D eigenvalue weighted by Gasteiger charge is -2.14. The van der Waals surface area contributed by atoms with Crippen LogP contribution in [0.4, 0.5) is 0 Å². The molecule has 0 radical (unpaired) electrons. The second-order valence-corrected chi connectivity index (χ2v) is 8.01. The van der Waals surface area contributed by atoms with Gasteiger partial charge in [-0.15, -0.1) is 0 Å². The quantitative estimate of drug-likeness (QED) is 0.357. The summed E-state index contributed by atoms with van der Waals surface area (Å²) in [7, 11) is -1.36. The van der Waals surface area contributed by atoms with Crippen molar-refractivity contribution in [3.05, 3.63) is 24.5 Å². The van der Waals surface area contributed by atoms with Crippen LogP contribution in [0, 0.1) is 0 Å². The van der Waals surface area contributed by atoms with Gasteiger partial charge in [0.2, 0.25) is 8.32 Å². The maximum atomic E-state index is 5.50. The third-order valence-corrected chi connectivity index (χ3v) is 2.02. The van der Waals surface area contributed by atoms with Gasteiger partial charge in [-0.3, -0.25) is 0 Å². The standard InChI is InChI=1S/C9H18OSi/c1-6-9(2)7-8-10-11(3,4)5/h7-8H,2,6H2,1,3-5H3/b8-7+. The van der Waals surface area contributed by atoms with Crippen molar-refractivity contribution in [1.29, 1.82) is 0 Å². The Morgan fingerprint density at radius 1 is 1.45 bits per heavy atom. The molecule has 0 bridgehead atoms. The molecule has 0 rings (SSSR count). The van der Waals surface area contributed by atoms with Gasteiger partial charge in [0.15, 0.2) is 0 Å². The van der Waals surface area contributed by atoms with Gasteiger partial charge in [-0.1, -0.05) is 19.1 Å². The lowest BCUT2D eigenvalue weighted by Crippen LogP contribution is -2.21. The van der Waals surface area contributed by atoms with Crippen LogP contribution >= 0.6 is 0 Å². The highest BCUT2D eigenvalue weighted by atomic mass is 28.4. The molecule has 0 aromatic heterocycles. The minimum absolute atomic E-state index is 0.992. The minimum atomic E-state index is -1.36. The first kappa shape index (κ1) is 10.5. The molecule has 2 heteroatoms. The summed E-state index contributed by atoms with van der Waals surface area (Å²) in [4.78, 5) is 0. The van der Waals surface area contributed by atoms with E-state index < -0.39 is 8.32 Å². The Balaban J connectivity index is 3.70. The maximum Gasteiger partial charge on any atom is 0.241 e. The van der Waals surface area contributed by atoms with Crippen molar-refractivity contribution in [2.75, 3.05) is 0 Å². The Morgan fingerprint density at radius 3 is 2.36 bits per heavy atom. The fourth-order valence-electron chi connectivity index (χ4n) is 0.452. The largest absolute Gasteiger partial charge is 0.550 e. The first-order valence-corrected chi connectivity index (χ1v) is 7.38. The van der Waals surface area contributed by atoms with Crippen LogP contribution < -0.4 is 0 Å². The Kier molecular flexibility index (Phi) is 4.19. The van der Waals surface area contributed by atoms with Crippen LogP contribution in [0.15, 0.2) is 24.5 Å². The number of hydrogen-bond acceptors (Lipinski definition) is 1. The van der Waals surface area contributed by atoms with Crippen LogP contribution in [-0.4, -0.2) is 8.32 Å². The minimum Gasteiger partial charge on any atom is -0.550 e. The van der Waals surface area contributed by atoms with Gasteiger partial charge in [-0.25, -0.2) is 0 Å². The third kappa shape index (κ3) is 7.39. The average molecular weight is 170 g/mol. The van der Waals surface area contributed by atoms with Gasteiger partial charge < -0.3 is 4.43 Å². The van der Waals surface area contributed by atoms with Gasteiger partial charge in [0.1, 0.15) is 0 Å². The monoisotopic (exact) mass is 170 g/mol. The molecule has 0 saturated heterocycles. The van der Waals surface area contributed by atoms with Crippen molar-refractivity contribution >= 4 is 8.32 Å².